The first-order chi connectivity index (χ1) is 10.0. The van der Waals surface area contributed by atoms with Gasteiger partial charge in [-0.1, -0.05) is 12.1 Å². The summed E-state index contributed by atoms with van der Waals surface area (Å²) in [6.07, 6.45) is 1.66. The zero-order valence-electron chi connectivity index (χ0n) is 11.7. The number of carbonyl (C=O) groups excluding carboxylic acids is 1. The van der Waals surface area contributed by atoms with Gasteiger partial charge in [0.1, 0.15) is 5.82 Å². The molecular formula is C15H15Br2N3O. The highest BCUT2D eigenvalue weighted by Crippen LogP contribution is 2.27. The molecule has 2 rings (SSSR count). The van der Waals surface area contributed by atoms with Crippen molar-refractivity contribution in [3.05, 3.63) is 50.5 Å². The van der Waals surface area contributed by atoms with E-state index in [0.717, 1.165) is 20.2 Å². The standard InChI is InChI=1S/C15H15Br2N3O/c1-3-18-14-11(7-10(16)8-19-14)15(21)20-12-6-4-5-9(2)13(12)17/h4-8H,3H2,1-2H3,(H,18,19)(H,20,21). The van der Waals surface area contributed by atoms with E-state index < -0.39 is 0 Å². The Bertz CT molecular complexity index is 674. The molecule has 0 spiro atoms. The molecule has 0 fully saturated rings. The molecule has 0 saturated heterocycles. The molecule has 0 aliphatic heterocycles. The number of aromatic nitrogens is 1. The predicted molar refractivity (Wildman–Crippen MR) is 92.9 cm³/mol. The Hall–Kier alpha value is -1.40. The lowest BCUT2D eigenvalue weighted by Gasteiger charge is -2.12. The first kappa shape index (κ1) is 16.0. The molecule has 6 heteroatoms. The zero-order valence-corrected chi connectivity index (χ0v) is 14.9. The highest BCUT2D eigenvalue weighted by Gasteiger charge is 2.15. The maximum Gasteiger partial charge on any atom is 0.259 e. The monoisotopic (exact) mass is 411 g/mol. The second kappa shape index (κ2) is 7.04. The number of amides is 1. The third kappa shape index (κ3) is 3.83. The minimum absolute atomic E-state index is 0.203. The van der Waals surface area contributed by atoms with Crippen LogP contribution in [0.5, 0.6) is 0 Å². The van der Waals surface area contributed by atoms with Crippen molar-refractivity contribution in [2.75, 3.05) is 17.2 Å². The van der Waals surface area contributed by atoms with Gasteiger partial charge in [0.15, 0.2) is 0 Å². The second-order valence-electron chi connectivity index (χ2n) is 4.47. The van der Waals surface area contributed by atoms with E-state index in [9.17, 15) is 4.79 Å². The lowest BCUT2D eigenvalue weighted by atomic mass is 10.2. The normalized spacial score (nSPS) is 10.3. The minimum atomic E-state index is -0.203. The van der Waals surface area contributed by atoms with Crippen molar-refractivity contribution in [1.29, 1.82) is 0 Å². The maximum absolute atomic E-state index is 12.5. The fourth-order valence-electron chi connectivity index (χ4n) is 1.85. The summed E-state index contributed by atoms with van der Waals surface area (Å²) < 4.78 is 1.64. The van der Waals surface area contributed by atoms with E-state index in [4.69, 9.17) is 0 Å². The molecule has 1 aromatic carbocycles. The van der Waals surface area contributed by atoms with Gasteiger partial charge in [-0.15, -0.1) is 0 Å². The van der Waals surface area contributed by atoms with Crippen molar-refractivity contribution in [3.8, 4) is 0 Å². The number of pyridine rings is 1. The van der Waals surface area contributed by atoms with E-state index in [1.165, 1.54) is 0 Å². The minimum Gasteiger partial charge on any atom is -0.370 e. The van der Waals surface area contributed by atoms with Gasteiger partial charge in [-0.05, 0) is 63.4 Å². The summed E-state index contributed by atoms with van der Waals surface area (Å²) in [5.41, 5.74) is 2.30. The molecule has 0 bridgehead atoms. The summed E-state index contributed by atoms with van der Waals surface area (Å²) >= 11 is 6.84. The van der Waals surface area contributed by atoms with Crippen molar-refractivity contribution in [1.82, 2.24) is 4.98 Å². The van der Waals surface area contributed by atoms with Gasteiger partial charge < -0.3 is 10.6 Å². The van der Waals surface area contributed by atoms with Crippen LogP contribution in [0.1, 0.15) is 22.8 Å². The molecule has 2 aromatic rings. The number of benzene rings is 1. The highest BCUT2D eigenvalue weighted by atomic mass is 79.9. The number of nitrogens with one attached hydrogen (secondary N) is 2. The van der Waals surface area contributed by atoms with E-state index in [1.807, 2.05) is 32.0 Å². The third-order valence-electron chi connectivity index (χ3n) is 2.88. The number of aryl methyl sites for hydroxylation is 1. The first-order valence-electron chi connectivity index (χ1n) is 6.48. The van der Waals surface area contributed by atoms with Gasteiger partial charge in [0.2, 0.25) is 0 Å². The average Bonchev–Trinajstić information content (AvgIpc) is 2.46. The molecule has 0 saturated carbocycles. The Balaban J connectivity index is 2.32. The molecule has 2 N–H and O–H groups in total. The number of halogens is 2. The van der Waals surface area contributed by atoms with Crippen molar-refractivity contribution in [2.45, 2.75) is 13.8 Å². The van der Waals surface area contributed by atoms with Crippen LogP contribution < -0.4 is 10.6 Å². The number of rotatable bonds is 4. The second-order valence-corrected chi connectivity index (χ2v) is 6.18. The number of hydrogen-bond donors (Lipinski definition) is 2. The highest BCUT2D eigenvalue weighted by molar-refractivity contribution is 9.11. The summed E-state index contributed by atoms with van der Waals surface area (Å²) in [6.45, 7) is 4.63. The van der Waals surface area contributed by atoms with E-state index in [-0.39, 0.29) is 5.91 Å². The molecule has 1 amide bonds. The summed E-state index contributed by atoms with van der Waals surface area (Å²) in [5, 5.41) is 6.00. The van der Waals surface area contributed by atoms with Gasteiger partial charge in [-0.25, -0.2) is 4.98 Å². The van der Waals surface area contributed by atoms with Crippen LogP contribution in [0.25, 0.3) is 0 Å². The Kier molecular flexibility index (Phi) is 5.36. The molecular weight excluding hydrogens is 398 g/mol. The van der Waals surface area contributed by atoms with Crippen molar-refractivity contribution >= 4 is 49.3 Å². The molecule has 1 heterocycles. The molecule has 0 atom stereocenters. The SMILES string of the molecule is CCNc1ncc(Br)cc1C(=O)Nc1cccc(C)c1Br. The molecule has 21 heavy (non-hydrogen) atoms. The van der Waals surface area contributed by atoms with Crippen LogP contribution in [0.15, 0.2) is 39.4 Å². The Morgan fingerprint density at radius 2 is 2.10 bits per heavy atom. The molecule has 0 radical (unpaired) electrons. The van der Waals surface area contributed by atoms with Gasteiger partial charge in [0.25, 0.3) is 5.91 Å². The van der Waals surface area contributed by atoms with Gasteiger partial charge in [-0.3, -0.25) is 4.79 Å². The van der Waals surface area contributed by atoms with Crippen LogP contribution in [0, 0.1) is 6.92 Å². The molecule has 110 valence electrons. The quantitative estimate of drug-likeness (QED) is 0.771. The molecule has 0 aliphatic rings. The van der Waals surface area contributed by atoms with Crippen molar-refractivity contribution in [2.24, 2.45) is 0 Å². The lowest BCUT2D eigenvalue weighted by molar-refractivity contribution is 0.102. The number of nitrogens with zero attached hydrogens (tertiary/aromatic N) is 1. The van der Waals surface area contributed by atoms with E-state index in [2.05, 4.69) is 47.5 Å². The van der Waals surface area contributed by atoms with Crippen LogP contribution in [0.4, 0.5) is 11.5 Å². The lowest BCUT2D eigenvalue weighted by Crippen LogP contribution is -2.16. The van der Waals surface area contributed by atoms with E-state index in [1.54, 1.807) is 12.3 Å². The largest absolute Gasteiger partial charge is 0.370 e. The summed E-state index contributed by atoms with van der Waals surface area (Å²) in [7, 11) is 0. The molecule has 1 aromatic heterocycles. The zero-order chi connectivity index (χ0) is 15.4. The van der Waals surface area contributed by atoms with E-state index >= 15 is 0 Å². The van der Waals surface area contributed by atoms with Gasteiger partial charge >= 0.3 is 0 Å². The summed E-state index contributed by atoms with van der Waals surface area (Å²) in [6, 6.07) is 7.49. The Morgan fingerprint density at radius 1 is 1.33 bits per heavy atom. The van der Waals surface area contributed by atoms with Crippen molar-refractivity contribution < 1.29 is 4.79 Å². The fraction of sp³-hybridized carbons (Fsp3) is 0.200. The van der Waals surface area contributed by atoms with Gasteiger partial charge in [-0.2, -0.15) is 0 Å². The number of carbonyl (C=O) groups is 1. The van der Waals surface area contributed by atoms with E-state index in [0.29, 0.717) is 17.9 Å². The molecule has 0 aliphatic carbocycles. The maximum atomic E-state index is 12.5. The number of anilines is 2. The van der Waals surface area contributed by atoms with Crippen LogP contribution >= 0.6 is 31.9 Å². The summed E-state index contributed by atoms with van der Waals surface area (Å²) in [4.78, 5) is 16.7. The molecule has 0 unspecified atom stereocenters. The van der Waals surface area contributed by atoms with Crippen LogP contribution in [0.3, 0.4) is 0 Å². The van der Waals surface area contributed by atoms with Crippen LogP contribution in [-0.2, 0) is 0 Å². The third-order valence-corrected chi connectivity index (χ3v) is 4.37. The van der Waals surface area contributed by atoms with Crippen molar-refractivity contribution in [3.63, 3.8) is 0 Å². The fourth-order valence-corrected chi connectivity index (χ4v) is 2.55. The smallest absolute Gasteiger partial charge is 0.259 e. The first-order valence-corrected chi connectivity index (χ1v) is 8.07. The predicted octanol–water partition coefficient (Wildman–Crippen LogP) is 4.60. The van der Waals surface area contributed by atoms with Crippen LogP contribution in [-0.4, -0.2) is 17.4 Å². The van der Waals surface area contributed by atoms with Crippen LogP contribution in [0.2, 0.25) is 0 Å². The molecule has 4 nitrogen and oxygen atoms in total. The summed E-state index contributed by atoms with van der Waals surface area (Å²) in [5.74, 6) is 0.369. The topological polar surface area (TPSA) is 54.0 Å². The number of hydrogen-bond acceptors (Lipinski definition) is 3. The average molecular weight is 413 g/mol. The van der Waals surface area contributed by atoms with Gasteiger partial charge in [0, 0.05) is 21.7 Å². The Labute approximate surface area is 140 Å². The Morgan fingerprint density at radius 3 is 2.81 bits per heavy atom. The van der Waals surface area contributed by atoms with Gasteiger partial charge in [0.05, 0.1) is 11.3 Å².